The first kappa shape index (κ1) is 23.3. The first-order chi connectivity index (χ1) is 16.5. The lowest BCUT2D eigenvalue weighted by molar-refractivity contribution is -0.127. The molecule has 176 valence electrons. The molecule has 1 heterocycles. The summed E-state index contributed by atoms with van der Waals surface area (Å²) >= 11 is 0. The minimum atomic E-state index is -0.715. The third-order valence-corrected chi connectivity index (χ3v) is 6.14. The second-order valence-electron chi connectivity index (χ2n) is 8.51. The number of aromatic amines is 1. The number of benzene rings is 2. The van der Waals surface area contributed by atoms with Crippen LogP contribution in [0.15, 0.2) is 60.8 Å². The van der Waals surface area contributed by atoms with E-state index in [1.54, 1.807) is 23.7 Å². The molecule has 1 aliphatic rings. The molecule has 8 heteroatoms. The largest absolute Gasteiger partial charge is 0.361 e. The smallest absolute Gasteiger partial charge is 0.274 e. The average Bonchev–Trinajstić information content (AvgIpc) is 3.52. The first-order valence-electron chi connectivity index (χ1n) is 11.4. The van der Waals surface area contributed by atoms with Crippen molar-refractivity contribution in [3.05, 3.63) is 77.5 Å². The number of carbonyl (C=O) groups is 3. The maximum Gasteiger partial charge on any atom is 0.274 e. The lowest BCUT2D eigenvalue weighted by Gasteiger charge is -2.20. The minimum Gasteiger partial charge on any atom is -0.361 e. The van der Waals surface area contributed by atoms with Gasteiger partial charge in [-0.25, -0.2) is 5.48 Å². The summed E-state index contributed by atoms with van der Waals surface area (Å²) in [6, 6.07) is 13.7. The van der Waals surface area contributed by atoms with Crippen molar-refractivity contribution in [1.82, 2.24) is 21.1 Å². The van der Waals surface area contributed by atoms with Gasteiger partial charge in [0.25, 0.3) is 5.91 Å². The Labute approximate surface area is 197 Å². The molecule has 34 heavy (non-hydrogen) atoms. The lowest BCUT2D eigenvalue weighted by Crippen LogP contribution is -2.49. The molecule has 3 aromatic rings. The SMILES string of the molecule is O=C(/C=C/c1ccc(C(=O)NO)cc1)N[C@@H](Cc1c[nH]c2ccccc12)C(=O)NC1CCCC1. The molecule has 2 aromatic carbocycles. The van der Waals surface area contributed by atoms with E-state index in [1.807, 2.05) is 30.5 Å². The van der Waals surface area contributed by atoms with E-state index in [0.29, 0.717) is 17.5 Å². The molecule has 1 saturated carbocycles. The van der Waals surface area contributed by atoms with Gasteiger partial charge in [-0.3, -0.25) is 19.6 Å². The van der Waals surface area contributed by atoms with Crippen molar-refractivity contribution in [2.45, 2.75) is 44.2 Å². The van der Waals surface area contributed by atoms with Crippen LogP contribution in [0.5, 0.6) is 0 Å². The third kappa shape index (κ3) is 5.71. The van der Waals surface area contributed by atoms with Gasteiger partial charge in [0.05, 0.1) is 0 Å². The second kappa shape index (κ2) is 10.8. The molecule has 1 atom stereocenters. The summed E-state index contributed by atoms with van der Waals surface area (Å²) in [5.74, 6) is -1.18. The van der Waals surface area contributed by atoms with Crippen molar-refractivity contribution in [3.8, 4) is 0 Å². The molecule has 0 aliphatic heterocycles. The van der Waals surface area contributed by atoms with Crippen LogP contribution in [-0.4, -0.2) is 40.0 Å². The molecule has 1 fully saturated rings. The van der Waals surface area contributed by atoms with E-state index in [1.165, 1.54) is 18.2 Å². The van der Waals surface area contributed by atoms with Gasteiger partial charge in [-0.2, -0.15) is 0 Å². The maximum absolute atomic E-state index is 13.1. The minimum absolute atomic E-state index is 0.153. The van der Waals surface area contributed by atoms with E-state index < -0.39 is 11.9 Å². The third-order valence-electron chi connectivity index (χ3n) is 6.14. The predicted molar refractivity (Wildman–Crippen MR) is 129 cm³/mol. The highest BCUT2D eigenvalue weighted by Gasteiger charge is 2.25. The number of hydroxylamine groups is 1. The Morgan fingerprint density at radius 3 is 2.53 bits per heavy atom. The Morgan fingerprint density at radius 1 is 1.06 bits per heavy atom. The number of hydrogen-bond acceptors (Lipinski definition) is 4. The number of rotatable bonds is 8. The van der Waals surface area contributed by atoms with Gasteiger partial charge in [0.2, 0.25) is 11.8 Å². The molecule has 3 amide bonds. The zero-order valence-corrected chi connectivity index (χ0v) is 18.7. The fourth-order valence-electron chi connectivity index (χ4n) is 4.30. The molecule has 0 bridgehead atoms. The van der Waals surface area contributed by atoms with E-state index >= 15 is 0 Å². The lowest BCUT2D eigenvalue weighted by atomic mass is 10.0. The van der Waals surface area contributed by atoms with Gasteiger partial charge in [0.1, 0.15) is 6.04 Å². The van der Waals surface area contributed by atoms with Crippen molar-refractivity contribution >= 4 is 34.7 Å². The molecular weight excluding hydrogens is 432 g/mol. The van der Waals surface area contributed by atoms with Crippen molar-refractivity contribution in [2.24, 2.45) is 0 Å². The number of hydrogen-bond donors (Lipinski definition) is 5. The van der Waals surface area contributed by atoms with E-state index in [-0.39, 0.29) is 17.9 Å². The van der Waals surface area contributed by atoms with Crippen LogP contribution in [-0.2, 0) is 16.0 Å². The molecule has 8 nitrogen and oxygen atoms in total. The summed E-state index contributed by atoms with van der Waals surface area (Å²) < 4.78 is 0. The number of nitrogens with one attached hydrogen (secondary N) is 4. The van der Waals surface area contributed by atoms with Crippen LogP contribution in [0.25, 0.3) is 17.0 Å². The van der Waals surface area contributed by atoms with E-state index in [0.717, 1.165) is 42.1 Å². The van der Waals surface area contributed by atoms with Gasteiger partial charge in [0.15, 0.2) is 0 Å². The predicted octanol–water partition coefficient (Wildman–Crippen LogP) is 3.09. The van der Waals surface area contributed by atoms with Crippen LogP contribution in [0.4, 0.5) is 0 Å². The Balaban J connectivity index is 1.46. The molecule has 0 saturated heterocycles. The Morgan fingerprint density at radius 2 is 1.79 bits per heavy atom. The highest BCUT2D eigenvalue weighted by atomic mass is 16.5. The van der Waals surface area contributed by atoms with Crippen molar-refractivity contribution in [2.75, 3.05) is 0 Å². The maximum atomic E-state index is 13.1. The van der Waals surface area contributed by atoms with E-state index in [4.69, 9.17) is 5.21 Å². The molecule has 5 N–H and O–H groups in total. The van der Waals surface area contributed by atoms with Crippen LogP contribution < -0.4 is 16.1 Å². The fourth-order valence-corrected chi connectivity index (χ4v) is 4.30. The van der Waals surface area contributed by atoms with Crippen LogP contribution in [0.1, 0.15) is 47.2 Å². The van der Waals surface area contributed by atoms with Crippen molar-refractivity contribution < 1.29 is 19.6 Å². The number of H-pyrrole nitrogens is 1. The summed E-state index contributed by atoms with van der Waals surface area (Å²) in [7, 11) is 0. The highest BCUT2D eigenvalue weighted by molar-refractivity contribution is 5.96. The summed E-state index contributed by atoms with van der Waals surface area (Å²) in [5, 5.41) is 15.7. The summed E-state index contributed by atoms with van der Waals surface area (Å²) in [5.41, 5.74) is 4.52. The number of amides is 3. The van der Waals surface area contributed by atoms with Crippen LogP contribution in [0.3, 0.4) is 0 Å². The molecule has 4 rings (SSSR count). The molecular formula is C26H28N4O4. The first-order valence-corrected chi connectivity index (χ1v) is 11.4. The molecule has 0 radical (unpaired) electrons. The van der Waals surface area contributed by atoms with Gasteiger partial charge in [-0.15, -0.1) is 0 Å². The summed E-state index contributed by atoms with van der Waals surface area (Å²) in [6.45, 7) is 0. The summed E-state index contributed by atoms with van der Waals surface area (Å²) in [6.07, 6.45) is 9.35. The topological polar surface area (TPSA) is 123 Å². The standard InChI is InChI=1S/C26H28N4O4/c31-24(14-11-17-9-12-18(13-10-17)25(32)30-34)29-23(26(33)28-20-5-1-2-6-20)15-19-16-27-22-8-4-3-7-21(19)22/h3-4,7-14,16,20,23,27,34H,1-2,5-6,15H2,(H,28,33)(H,29,31)(H,30,32)/b14-11+/t23-/m0/s1. The normalized spacial score (nSPS) is 14.9. The zero-order valence-electron chi connectivity index (χ0n) is 18.7. The second-order valence-corrected chi connectivity index (χ2v) is 8.51. The fraction of sp³-hybridized carbons (Fsp3) is 0.269. The Hall–Kier alpha value is -3.91. The highest BCUT2D eigenvalue weighted by Crippen LogP contribution is 2.21. The summed E-state index contributed by atoms with van der Waals surface area (Å²) in [4.78, 5) is 40.4. The van der Waals surface area contributed by atoms with Crippen LogP contribution >= 0.6 is 0 Å². The number of fused-ring (bicyclic) bond motifs is 1. The quantitative estimate of drug-likeness (QED) is 0.201. The van der Waals surface area contributed by atoms with Crippen LogP contribution in [0.2, 0.25) is 0 Å². The van der Waals surface area contributed by atoms with Gasteiger partial charge in [0, 0.05) is 41.2 Å². The van der Waals surface area contributed by atoms with Crippen molar-refractivity contribution in [1.29, 1.82) is 0 Å². The van der Waals surface area contributed by atoms with Crippen molar-refractivity contribution in [3.63, 3.8) is 0 Å². The van der Waals surface area contributed by atoms with Gasteiger partial charge in [-0.05, 0) is 48.2 Å². The van der Waals surface area contributed by atoms with Gasteiger partial charge < -0.3 is 15.6 Å². The van der Waals surface area contributed by atoms with Gasteiger partial charge in [-0.1, -0.05) is 43.2 Å². The molecule has 1 aliphatic carbocycles. The Bertz CT molecular complexity index is 1190. The molecule has 1 aromatic heterocycles. The van der Waals surface area contributed by atoms with Crippen LogP contribution in [0, 0.1) is 0 Å². The zero-order chi connectivity index (χ0) is 23.9. The number of aromatic nitrogens is 1. The average molecular weight is 461 g/mol. The number of carbonyl (C=O) groups excluding carboxylic acids is 3. The monoisotopic (exact) mass is 460 g/mol. The van der Waals surface area contributed by atoms with E-state index in [9.17, 15) is 14.4 Å². The Kier molecular flexibility index (Phi) is 7.39. The molecule has 0 unspecified atom stereocenters. The van der Waals surface area contributed by atoms with Gasteiger partial charge >= 0.3 is 0 Å². The number of para-hydroxylation sites is 1. The molecule has 0 spiro atoms. The van der Waals surface area contributed by atoms with E-state index in [2.05, 4.69) is 15.6 Å².